The Morgan fingerprint density at radius 2 is 1.90 bits per heavy atom. The molecule has 0 atom stereocenters. The van der Waals surface area contributed by atoms with Crippen LogP contribution in [0.15, 0.2) is 10.7 Å². The average Bonchev–Trinajstić information content (AvgIpc) is 1.58. The summed E-state index contributed by atoms with van der Waals surface area (Å²) in [7, 11) is 7.96. The van der Waals surface area contributed by atoms with Crippen molar-refractivity contribution in [1.29, 1.82) is 0 Å². The van der Waals surface area contributed by atoms with Gasteiger partial charge in [-0.25, -0.2) is 4.58 Å². The zero-order chi connectivity index (χ0) is 8.15. The lowest BCUT2D eigenvalue weighted by Gasteiger charge is -2.02. The van der Waals surface area contributed by atoms with E-state index in [2.05, 4.69) is 15.9 Å². The van der Waals surface area contributed by atoms with Gasteiger partial charge in [0.25, 0.3) is 0 Å². The van der Waals surface area contributed by atoms with E-state index in [0.29, 0.717) is 0 Å². The summed E-state index contributed by atoms with van der Waals surface area (Å²) in [6, 6.07) is 0. The van der Waals surface area contributed by atoms with Crippen molar-refractivity contribution in [3.8, 4) is 0 Å². The molecule has 2 nitrogen and oxygen atoms in total. The van der Waals surface area contributed by atoms with Gasteiger partial charge in [0.05, 0.1) is 4.48 Å². The molecule has 58 valence electrons. The topological polar surface area (TPSA) is 6.25 Å². The van der Waals surface area contributed by atoms with E-state index in [-0.39, 0.29) is 0 Å². The first-order valence-corrected chi connectivity index (χ1v) is 3.86. The van der Waals surface area contributed by atoms with Gasteiger partial charge in [-0.05, 0) is 15.9 Å². The highest BCUT2D eigenvalue weighted by Crippen LogP contribution is 2.00. The van der Waals surface area contributed by atoms with Crippen LogP contribution in [0.4, 0.5) is 0 Å². The van der Waals surface area contributed by atoms with Crippen molar-refractivity contribution in [2.24, 2.45) is 0 Å². The van der Waals surface area contributed by atoms with E-state index in [1.807, 2.05) is 50.1 Å². The summed E-state index contributed by atoms with van der Waals surface area (Å²) in [6.07, 6.45) is 4.00. The molecule has 0 aromatic carbocycles. The largest absolute Gasteiger partial charge is 0.382 e. The Labute approximate surface area is 71.0 Å². The fourth-order valence-corrected chi connectivity index (χ4v) is 1.35. The van der Waals surface area contributed by atoms with Crippen LogP contribution in [0.25, 0.3) is 0 Å². The third-order valence-electron chi connectivity index (χ3n) is 0.763. The molecule has 0 aromatic rings. The molecular formula is C7H14BrN2+. The molecule has 0 rings (SSSR count). The highest BCUT2D eigenvalue weighted by Gasteiger charge is 1.90. The van der Waals surface area contributed by atoms with Crippen LogP contribution in [0.1, 0.15) is 0 Å². The third-order valence-corrected chi connectivity index (χ3v) is 1.17. The molecule has 0 aliphatic heterocycles. The van der Waals surface area contributed by atoms with Gasteiger partial charge in [0.2, 0.25) is 0 Å². The molecule has 0 heterocycles. The van der Waals surface area contributed by atoms with Gasteiger partial charge in [-0.2, -0.15) is 0 Å². The van der Waals surface area contributed by atoms with Crippen molar-refractivity contribution >= 4 is 22.1 Å². The first-order chi connectivity index (χ1) is 4.52. The quantitative estimate of drug-likeness (QED) is 0.484. The Morgan fingerprint density at radius 3 is 2.20 bits per heavy atom. The summed E-state index contributed by atoms with van der Waals surface area (Å²) < 4.78 is 3.06. The van der Waals surface area contributed by atoms with Gasteiger partial charge in [0, 0.05) is 20.3 Å². The highest BCUT2D eigenvalue weighted by molar-refractivity contribution is 9.12. The first-order valence-electron chi connectivity index (χ1n) is 3.07. The van der Waals surface area contributed by atoms with Crippen LogP contribution in [0.2, 0.25) is 0 Å². The highest BCUT2D eigenvalue weighted by atomic mass is 79.9. The Hall–Kier alpha value is -0.310. The van der Waals surface area contributed by atoms with E-state index >= 15 is 0 Å². The summed E-state index contributed by atoms with van der Waals surface area (Å²) in [5.74, 6) is 0. The van der Waals surface area contributed by atoms with Crippen LogP contribution < -0.4 is 0 Å². The molecule has 0 saturated carbocycles. The Kier molecular flexibility index (Phi) is 4.36. The minimum atomic E-state index is 1.07. The van der Waals surface area contributed by atoms with E-state index in [9.17, 15) is 0 Å². The van der Waals surface area contributed by atoms with E-state index in [4.69, 9.17) is 0 Å². The Balaban J connectivity index is 4.08. The van der Waals surface area contributed by atoms with E-state index < -0.39 is 0 Å². The molecule has 0 spiro atoms. The Bertz CT molecular complexity index is 155. The molecule has 0 aliphatic carbocycles. The normalized spacial score (nSPS) is 11.1. The van der Waals surface area contributed by atoms with Gasteiger partial charge < -0.3 is 4.90 Å². The SMILES string of the molecule is CN(C)/C=C(\Br)C=[N+](C)C. The maximum atomic E-state index is 3.40. The number of hydrogen-bond acceptors (Lipinski definition) is 1. The fraction of sp³-hybridized carbons (Fsp3) is 0.571. The summed E-state index contributed by atoms with van der Waals surface area (Å²) in [6.45, 7) is 0. The lowest BCUT2D eigenvalue weighted by atomic mass is 10.6. The number of rotatable bonds is 2. The smallest absolute Gasteiger partial charge is 0.178 e. The monoisotopic (exact) mass is 205 g/mol. The van der Waals surface area contributed by atoms with Crippen LogP contribution in [0.3, 0.4) is 0 Å². The van der Waals surface area contributed by atoms with E-state index in [1.54, 1.807) is 0 Å². The van der Waals surface area contributed by atoms with Crippen molar-refractivity contribution in [2.45, 2.75) is 0 Å². The van der Waals surface area contributed by atoms with Gasteiger partial charge in [0.15, 0.2) is 6.21 Å². The minimum Gasteiger partial charge on any atom is -0.382 e. The van der Waals surface area contributed by atoms with E-state index in [1.165, 1.54) is 0 Å². The second kappa shape index (κ2) is 4.50. The molecule has 0 aliphatic rings. The third kappa shape index (κ3) is 5.82. The van der Waals surface area contributed by atoms with Crippen molar-refractivity contribution in [3.63, 3.8) is 0 Å². The van der Waals surface area contributed by atoms with Crippen molar-refractivity contribution < 1.29 is 4.58 Å². The second-order valence-electron chi connectivity index (χ2n) is 2.57. The number of hydrogen-bond donors (Lipinski definition) is 0. The lowest BCUT2D eigenvalue weighted by Crippen LogP contribution is -2.04. The number of nitrogens with zero attached hydrogens (tertiary/aromatic N) is 2. The molecule has 0 bridgehead atoms. The molecule has 0 unspecified atom stereocenters. The molecule has 0 N–H and O–H groups in total. The first kappa shape index (κ1) is 9.69. The van der Waals surface area contributed by atoms with Gasteiger partial charge in [0.1, 0.15) is 14.1 Å². The van der Waals surface area contributed by atoms with Crippen LogP contribution >= 0.6 is 15.9 Å². The molecule has 3 heteroatoms. The summed E-state index contributed by atoms with van der Waals surface area (Å²) in [5.41, 5.74) is 0. The van der Waals surface area contributed by atoms with Crippen LogP contribution in [-0.4, -0.2) is 43.9 Å². The number of halogens is 1. The molecule has 0 radical (unpaired) electrons. The van der Waals surface area contributed by atoms with E-state index in [0.717, 1.165) is 4.48 Å². The summed E-state index contributed by atoms with van der Waals surface area (Å²) >= 11 is 3.40. The summed E-state index contributed by atoms with van der Waals surface area (Å²) in [4.78, 5) is 1.99. The predicted octanol–water partition coefficient (Wildman–Crippen LogP) is 1.13. The molecule has 0 fully saturated rings. The minimum absolute atomic E-state index is 1.07. The zero-order valence-electron chi connectivity index (χ0n) is 6.93. The van der Waals surface area contributed by atoms with Gasteiger partial charge in [-0.15, -0.1) is 0 Å². The fourth-order valence-electron chi connectivity index (χ4n) is 0.527. The maximum Gasteiger partial charge on any atom is 0.178 e. The van der Waals surface area contributed by atoms with Crippen molar-refractivity contribution in [2.75, 3.05) is 28.2 Å². The van der Waals surface area contributed by atoms with Crippen LogP contribution in [-0.2, 0) is 0 Å². The zero-order valence-corrected chi connectivity index (χ0v) is 8.51. The van der Waals surface area contributed by atoms with Gasteiger partial charge >= 0.3 is 0 Å². The molecule has 10 heavy (non-hydrogen) atoms. The van der Waals surface area contributed by atoms with Crippen molar-refractivity contribution in [3.05, 3.63) is 10.7 Å². The van der Waals surface area contributed by atoms with Crippen LogP contribution in [0.5, 0.6) is 0 Å². The Morgan fingerprint density at radius 1 is 1.40 bits per heavy atom. The molecular weight excluding hydrogens is 192 g/mol. The summed E-state index contributed by atoms with van der Waals surface area (Å²) in [5, 5.41) is 0. The average molecular weight is 206 g/mol. The predicted molar refractivity (Wildman–Crippen MR) is 48.9 cm³/mol. The van der Waals surface area contributed by atoms with Gasteiger partial charge in [-0.1, -0.05) is 0 Å². The van der Waals surface area contributed by atoms with Crippen molar-refractivity contribution in [1.82, 2.24) is 4.90 Å². The molecule has 0 amide bonds. The standard InChI is InChI=1S/C7H14BrN2/c1-9(2)5-7(8)6-10(3)4/h5-6H,1-4H3/q+1. The maximum absolute atomic E-state index is 3.40. The second-order valence-corrected chi connectivity index (χ2v) is 3.49. The molecule has 0 aromatic heterocycles. The number of allylic oxidation sites excluding steroid dienone is 1. The van der Waals surface area contributed by atoms with Crippen LogP contribution in [0, 0.1) is 0 Å². The molecule has 0 saturated heterocycles. The lowest BCUT2D eigenvalue weighted by molar-refractivity contribution is -0.458. The van der Waals surface area contributed by atoms with Gasteiger partial charge in [-0.3, -0.25) is 0 Å².